The minimum atomic E-state index is 0.0963. The third-order valence-corrected chi connectivity index (χ3v) is 5.15. The lowest BCUT2D eigenvalue weighted by molar-refractivity contribution is 0.213. The summed E-state index contributed by atoms with van der Waals surface area (Å²) in [6.07, 6.45) is 2.81. The van der Waals surface area contributed by atoms with Crippen molar-refractivity contribution in [2.24, 2.45) is 0 Å². The van der Waals surface area contributed by atoms with E-state index < -0.39 is 0 Å². The van der Waals surface area contributed by atoms with Crippen molar-refractivity contribution in [1.82, 2.24) is 14.7 Å². The van der Waals surface area contributed by atoms with Crippen LogP contribution >= 0.6 is 0 Å². The molecule has 1 heterocycles. The van der Waals surface area contributed by atoms with Gasteiger partial charge in [-0.2, -0.15) is 0 Å². The van der Waals surface area contributed by atoms with Gasteiger partial charge in [0.1, 0.15) is 0 Å². The summed E-state index contributed by atoms with van der Waals surface area (Å²) in [6.45, 7) is 0.915. The molecule has 4 nitrogen and oxygen atoms in total. The molecule has 0 saturated carbocycles. The summed E-state index contributed by atoms with van der Waals surface area (Å²) < 4.78 is 1.68. The van der Waals surface area contributed by atoms with E-state index in [1.807, 2.05) is 36.4 Å². The van der Waals surface area contributed by atoms with Gasteiger partial charge in [-0.3, -0.25) is 14.8 Å². The number of nitrogens with one attached hydrogen (secondary N) is 1. The molecule has 0 amide bonds. The highest BCUT2D eigenvalue weighted by Crippen LogP contribution is 2.22. The molecule has 1 aliphatic rings. The van der Waals surface area contributed by atoms with Gasteiger partial charge >= 0.3 is 0 Å². The second kappa shape index (κ2) is 6.73. The number of nitrogens with zero attached hydrogens (tertiary/aromatic N) is 2. The summed E-state index contributed by atoms with van der Waals surface area (Å²) >= 11 is 0. The lowest BCUT2D eigenvalue weighted by Gasteiger charge is -2.30. The van der Waals surface area contributed by atoms with Crippen molar-refractivity contribution < 1.29 is 0 Å². The number of benzene rings is 2. The zero-order chi connectivity index (χ0) is 17.2. The molecule has 0 bridgehead atoms. The minimum absolute atomic E-state index is 0.0963. The molecule has 3 aromatic rings. The Balaban J connectivity index is 1.55. The molecule has 0 spiro atoms. The Morgan fingerprint density at radius 1 is 1.08 bits per heavy atom. The van der Waals surface area contributed by atoms with Gasteiger partial charge in [0.25, 0.3) is 5.56 Å². The maximum absolute atomic E-state index is 12.9. The molecule has 1 atom stereocenters. The standard InChI is InChI=1S/C21H23N3O/c1-23(15-16-8-4-2-5-9-16)18-12-13-20-19(14-18)21(25)24(22-20)17-10-6-3-7-11-17/h2-11,18,22H,12-15H2,1H3. The lowest BCUT2D eigenvalue weighted by atomic mass is 9.92. The zero-order valence-corrected chi connectivity index (χ0v) is 14.5. The van der Waals surface area contributed by atoms with Crippen LogP contribution in [0, 0.1) is 0 Å². The van der Waals surface area contributed by atoms with E-state index in [4.69, 9.17) is 0 Å². The fraction of sp³-hybridized carbons (Fsp3) is 0.286. The second-order valence-corrected chi connectivity index (χ2v) is 6.84. The number of hydrogen-bond donors (Lipinski definition) is 1. The Labute approximate surface area is 147 Å². The zero-order valence-electron chi connectivity index (χ0n) is 14.5. The molecule has 1 N–H and O–H groups in total. The Kier molecular flexibility index (Phi) is 4.28. The number of aromatic amines is 1. The molecule has 4 heteroatoms. The van der Waals surface area contributed by atoms with E-state index in [0.717, 1.165) is 42.8 Å². The van der Waals surface area contributed by atoms with E-state index in [1.165, 1.54) is 5.56 Å². The van der Waals surface area contributed by atoms with Crippen molar-refractivity contribution in [3.8, 4) is 5.69 Å². The molecule has 1 aliphatic carbocycles. The Morgan fingerprint density at radius 3 is 2.48 bits per heavy atom. The Hall–Kier alpha value is -2.59. The van der Waals surface area contributed by atoms with E-state index in [1.54, 1.807) is 4.68 Å². The minimum Gasteiger partial charge on any atom is -0.299 e. The first-order valence-electron chi connectivity index (χ1n) is 8.85. The fourth-order valence-electron chi connectivity index (χ4n) is 3.72. The van der Waals surface area contributed by atoms with Crippen LogP contribution in [0.25, 0.3) is 5.69 Å². The molecular weight excluding hydrogens is 310 g/mol. The van der Waals surface area contributed by atoms with E-state index in [-0.39, 0.29) is 5.56 Å². The smallest absolute Gasteiger partial charge is 0.274 e. The van der Waals surface area contributed by atoms with Crippen molar-refractivity contribution in [3.63, 3.8) is 0 Å². The van der Waals surface area contributed by atoms with Crippen LogP contribution in [-0.2, 0) is 19.4 Å². The fourth-order valence-corrected chi connectivity index (χ4v) is 3.72. The highest BCUT2D eigenvalue weighted by molar-refractivity contribution is 5.34. The quantitative estimate of drug-likeness (QED) is 0.797. The Morgan fingerprint density at radius 2 is 1.76 bits per heavy atom. The Bertz CT molecular complexity index is 896. The molecule has 128 valence electrons. The monoisotopic (exact) mass is 333 g/mol. The van der Waals surface area contributed by atoms with Gasteiger partial charge in [0.2, 0.25) is 0 Å². The first-order valence-corrected chi connectivity index (χ1v) is 8.85. The molecule has 4 rings (SSSR count). The van der Waals surface area contributed by atoms with Gasteiger partial charge in [-0.25, -0.2) is 4.68 Å². The first kappa shape index (κ1) is 15.9. The third kappa shape index (κ3) is 3.17. The predicted molar refractivity (Wildman–Crippen MR) is 100 cm³/mol. The van der Waals surface area contributed by atoms with E-state index in [0.29, 0.717) is 6.04 Å². The number of rotatable bonds is 4. The predicted octanol–water partition coefficient (Wildman–Crippen LogP) is 3.15. The topological polar surface area (TPSA) is 41.0 Å². The second-order valence-electron chi connectivity index (χ2n) is 6.84. The molecule has 0 saturated heterocycles. The summed E-state index contributed by atoms with van der Waals surface area (Å²) in [4.78, 5) is 15.2. The highest BCUT2D eigenvalue weighted by Gasteiger charge is 2.27. The molecule has 0 radical (unpaired) electrons. The average molecular weight is 333 g/mol. The molecular formula is C21H23N3O. The van der Waals surface area contributed by atoms with Crippen LogP contribution in [0.15, 0.2) is 65.5 Å². The number of fused-ring (bicyclic) bond motifs is 1. The summed E-state index contributed by atoms with van der Waals surface area (Å²) in [6, 6.07) is 20.7. The number of H-pyrrole nitrogens is 1. The number of para-hydroxylation sites is 1. The van der Waals surface area contributed by atoms with Crippen LogP contribution in [0.4, 0.5) is 0 Å². The van der Waals surface area contributed by atoms with Crippen molar-refractivity contribution >= 4 is 0 Å². The van der Waals surface area contributed by atoms with Gasteiger partial charge in [0.05, 0.1) is 5.69 Å². The summed E-state index contributed by atoms with van der Waals surface area (Å²) in [5.41, 5.74) is 4.35. The average Bonchev–Trinajstić information content (AvgIpc) is 2.99. The number of likely N-dealkylation sites (N-methyl/N-ethyl adjacent to an activating group) is 1. The molecule has 0 fully saturated rings. The lowest BCUT2D eigenvalue weighted by Crippen LogP contribution is -2.37. The van der Waals surface area contributed by atoms with Crippen LogP contribution in [0.1, 0.15) is 23.2 Å². The third-order valence-electron chi connectivity index (χ3n) is 5.15. The summed E-state index contributed by atoms with van der Waals surface area (Å²) in [5, 5.41) is 3.31. The molecule has 1 aromatic heterocycles. The summed E-state index contributed by atoms with van der Waals surface area (Å²) in [7, 11) is 2.16. The maximum atomic E-state index is 12.9. The molecule has 0 aliphatic heterocycles. The van der Waals surface area contributed by atoms with Crippen molar-refractivity contribution in [2.75, 3.05) is 7.05 Å². The van der Waals surface area contributed by atoms with Crippen LogP contribution in [0.2, 0.25) is 0 Å². The normalized spacial score (nSPS) is 16.8. The van der Waals surface area contributed by atoms with E-state index in [2.05, 4.69) is 41.3 Å². The molecule has 2 aromatic carbocycles. The van der Waals surface area contributed by atoms with Crippen LogP contribution < -0.4 is 5.56 Å². The van der Waals surface area contributed by atoms with Gasteiger partial charge in [-0.1, -0.05) is 48.5 Å². The number of hydrogen-bond acceptors (Lipinski definition) is 2. The first-order chi connectivity index (χ1) is 12.2. The van der Waals surface area contributed by atoms with Gasteiger partial charge in [0, 0.05) is 23.8 Å². The number of aromatic nitrogens is 2. The molecule has 25 heavy (non-hydrogen) atoms. The maximum Gasteiger partial charge on any atom is 0.274 e. The van der Waals surface area contributed by atoms with Crippen molar-refractivity contribution in [2.45, 2.75) is 31.8 Å². The van der Waals surface area contributed by atoms with Gasteiger partial charge in [0.15, 0.2) is 0 Å². The van der Waals surface area contributed by atoms with E-state index in [9.17, 15) is 4.79 Å². The van der Waals surface area contributed by atoms with Crippen LogP contribution in [0.3, 0.4) is 0 Å². The van der Waals surface area contributed by atoms with Gasteiger partial charge < -0.3 is 0 Å². The van der Waals surface area contributed by atoms with Crippen LogP contribution in [-0.4, -0.2) is 27.8 Å². The largest absolute Gasteiger partial charge is 0.299 e. The SMILES string of the molecule is CN(Cc1ccccc1)C1CCc2[nH]n(-c3ccccc3)c(=O)c2C1. The number of aryl methyl sites for hydroxylation is 1. The van der Waals surface area contributed by atoms with Crippen molar-refractivity contribution in [1.29, 1.82) is 0 Å². The van der Waals surface area contributed by atoms with Gasteiger partial charge in [-0.15, -0.1) is 0 Å². The van der Waals surface area contributed by atoms with Crippen LogP contribution in [0.5, 0.6) is 0 Å². The van der Waals surface area contributed by atoms with Crippen molar-refractivity contribution in [3.05, 3.63) is 87.8 Å². The van der Waals surface area contributed by atoms with Gasteiger partial charge in [-0.05, 0) is 44.0 Å². The highest BCUT2D eigenvalue weighted by atomic mass is 16.1. The van der Waals surface area contributed by atoms with E-state index >= 15 is 0 Å². The molecule has 1 unspecified atom stereocenters. The summed E-state index contributed by atoms with van der Waals surface area (Å²) in [5.74, 6) is 0.